The predicted molar refractivity (Wildman–Crippen MR) is 119 cm³/mol. The highest BCUT2D eigenvalue weighted by molar-refractivity contribution is 5.81. The van der Waals surface area contributed by atoms with Crippen molar-refractivity contribution in [1.29, 1.82) is 0 Å². The highest BCUT2D eigenvalue weighted by Gasteiger charge is 2.33. The molecule has 0 radical (unpaired) electrons. The molecule has 2 aliphatic rings. The van der Waals surface area contributed by atoms with Crippen LogP contribution < -0.4 is 11.5 Å². The van der Waals surface area contributed by atoms with E-state index >= 15 is 0 Å². The topological polar surface area (TPSA) is 81.6 Å². The molecule has 0 aromatic carbocycles. The van der Waals surface area contributed by atoms with Crippen LogP contribution in [-0.2, 0) is 9.63 Å². The van der Waals surface area contributed by atoms with Crippen molar-refractivity contribution in [3.8, 4) is 0 Å². The molecule has 2 unspecified atom stereocenters. The lowest BCUT2D eigenvalue weighted by Crippen LogP contribution is -2.38. The number of hydroxylamine groups is 2. The van der Waals surface area contributed by atoms with Gasteiger partial charge in [-0.3, -0.25) is 9.63 Å². The summed E-state index contributed by atoms with van der Waals surface area (Å²) in [7, 11) is 2.93. The van der Waals surface area contributed by atoms with Crippen molar-refractivity contribution in [3.63, 3.8) is 0 Å². The standard InChI is InChI=1S/C19H27F2N3O2.2C2H6/c1-4-11-8-9-12(19(25)24(2)26-3)18(23)13(11)10-16(22)17-14(20)6-5-7-15(17)21;2*1-2/h6,10-12H,4-5,7-9,22-23H2,1-3H3;2*1-2H3/b16-10-;;. The van der Waals surface area contributed by atoms with E-state index in [0.717, 1.165) is 17.9 Å². The minimum atomic E-state index is -0.655. The van der Waals surface area contributed by atoms with E-state index in [1.165, 1.54) is 26.3 Å². The maximum absolute atomic E-state index is 14.1. The van der Waals surface area contributed by atoms with Gasteiger partial charge in [0.15, 0.2) is 0 Å². The average molecular weight is 428 g/mol. The van der Waals surface area contributed by atoms with E-state index in [2.05, 4.69) is 0 Å². The fourth-order valence-electron chi connectivity index (χ4n) is 3.52. The van der Waals surface area contributed by atoms with Gasteiger partial charge < -0.3 is 11.5 Å². The van der Waals surface area contributed by atoms with Crippen LogP contribution in [0.1, 0.15) is 66.7 Å². The molecule has 0 spiro atoms. The number of allylic oxidation sites excluding steroid dienone is 5. The molecule has 5 nitrogen and oxygen atoms in total. The summed E-state index contributed by atoms with van der Waals surface area (Å²) in [6.45, 7) is 10.0. The summed E-state index contributed by atoms with van der Waals surface area (Å²) in [5.41, 5.74) is 13.2. The number of carbonyl (C=O) groups is 1. The van der Waals surface area contributed by atoms with Gasteiger partial charge in [0.05, 0.1) is 18.6 Å². The van der Waals surface area contributed by atoms with E-state index in [4.69, 9.17) is 16.3 Å². The van der Waals surface area contributed by atoms with Crippen molar-refractivity contribution in [2.45, 2.75) is 66.7 Å². The normalized spacial score (nSPS) is 21.8. The molecule has 0 fully saturated rings. The van der Waals surface area contributed by atoms with E-state index < -0.39 is 17.6 Å². The Balaban J connectivity index is 0.00000198. The summed E-state index contributed by atoms with van der Waals surface area (Å²) < 4.78 is 28.1. The van der Waals surface area contributed by atoms with Gasteiger partial charge in [0.2, 0.25) is 0 Å². The summed E-state index contributed by atoms with van der Waals surface area (Å²) in [6.07, 6.45) is 5.43. The third kappa shape index (κ3) is 6.69. The fourth-order valence-corrected chi connectivity index (χ4v) is 3.52. The molecule has 0 bridgehead atoms. The van der Waals surface area contributed by atoms with Crippen LogP contribution in [0.2, 0.25) is 0 Å². The minimum absolute atomic E-state index is 0.000505. The molecule has 0 heterocycles. The smallest absolute Gasteiger partial charge is 0.254 e. The lowest BCUT2D eigenvalue weighted by Gasteiger charge is -2.32. The molecule has 0 aromatic rings. The number of carbonyl (C=O) groups excluding carboxylic acids is 1. The van der Waals surface area contributed by atoms with Gasteiger partial charge in [-0.2, -0.15) is 0 Å². The molecule has 7 heteroatoms. The van der Waals surface area contributed by atoms with E-state index in [1.54, 1.807) is 0 Å². The molecule has 0 saturated heterocycles. The Labute approximate surface area is 180 Å². The number of nitrogens with zero attached hydrogens (tertiary/aromatic N) is 1. The van der Waals surface area contributed by atoms with Gasteiger partial charge >= 0.3 is 0 Å². The van der Waals surface area contributed by atoms with Crippen LogP contribution in [0.4, 0.5) is 8.78 Å². The van der Waals surface area contributed by atoms with Gasteiger partial charge in [0.25, 0.3) is 5.91 Å². The van der Waals surface area contributed by atoms with Gasteiger partial charge in [-0.1, -0.05) is 34.6 Å². The third-order valence-corrected chi connectivity index (χ3v) is 5.12. The lowest BCUT2D eigenvalue weighted by molar-refractivity contribution is -0.172. The van der Waals surface area contributed by atoms with Crippen LogP contribution in [0.3, 0.4) is 0 Å². The number of hydrogen-bond donors (Lipinski definition) is 2. The largest absolute Gasteiger partial charge is 0.401 e. The first-order valence-electron chi connectivity index (χ1n) is 10.8. The van der Waals surface area contributed by atoms with Crippen LogP contribution in [0.5, 0.6) is 0 Å². The Kier molecular flexibility index (Phi) is 13.0. The Morgan fingerprint density at radius 3 is 2.37 bits per heavy atom. The fraction of sp³-hybridized carbons (Fsp3) is 0.609. The van der Waals surface area contributed by atoms with E-state index in [-0.39, 0.29) is 29.5 Å². The molecule has 172 valence electrons. The number of nitrogens with two attached hydrogens (primary N) is 2. The zero-order valence-electron chi connectivity index (χ0n) is 19.5. The summed E-state index contributed by atoms with van der Waals surface area (Å²) in [4.78, 5) is 17.4. The molecule has 1 amide bonds. The number of rotatable bonds is 5. The average Bonchev–Trinajstić information content (AvgIpc) is 2.76. The van der Waals surface area contributed by atoms with E-state index in [9.17, 15) is 13.6 Å². The molecule has 30 heavy (non-hydrogen) atoms. The second-order valence-electron chi connectivity index (χ2n) is 6.63. The molecule has 2 rings (SSSR count). The van der Waals surface area contributed by atoms with Crippen molar-refractivity contribution in [2.24, 2.45) is 23.3 Å². The quantitative estimate of drug-likeness (QED) is 0.574. The predicted octanol–water partition coefficient (Wildman–Crippen LogP) is 5.42. The van der Waals surface area contributed by atoms with Crippen LogP contribution in [0.15, 0.2) is 46.3 Å². The summed E-state index contributed by atoms with van der Waals surface area (Å²) in [6, 6.07) is 0. The van der Waals surface area contributed by atoms with Crippen LogP contribution >= 0.6 is 0 Å². The summed E-state index contributed by atoms with van der Waals surface area (Å²) in [5.74, 6) is -1.92. The first-order valence-corrected chi connectivity index (χ1v) is 10.8. The number of halogens is 2. The summed E-state index contributed by atoms with van der Waals surface area (Å²) in [5, 5.41) is 1.14. The molecule has 2 atom stereocenters. The lowest BCUT2D eigenvalue weighted by atomic mass is 9.77. The first kappa shape index (κ1) is 27.8. The van der Waals surface area contributed by atoms with Crippen molar-refractivity contribution < 1.29 is 18.4 Å². The maximum Gasteiger partial charge on any atom is 0.254 e. The summed E-state index contributed by atoms with van der Waals surface area (Å²) >= 11 is 0. The Bertz CT molecular complexity index is 697. The number of hydrogen-bond acceptors (Lipinski definition) is 4. The van der Waals surface area contributed by atoms with E-state index in [1.807, 2.05) is 34.6 Å². The second-order valence-corrected chi connectivity index (χ2v) is 6.63. The highest BCUT2D eigenvalue weighted by atomic mass is 19.1. The molecular weight excluding hydrogens is 388 g/mol. The van der Waals surface area contributed by atoms with Crippen molar-refractivity contribution in [1.82, 2.24) is 5.06 Å². The maximum atomic E-state index is 14.1. The third-order valence-electron chi connectivity index (χ3n) is 5.12. The van der Waals surface area contributed by atoms with Gasteiger partial charge in [-0.05, 0) is 49.3 Å². The van der Waals surface area contributed by atoms with Crippen molar-refractivity contribution in [2.75, 3.05) is 14.2 Å². The minimum Gasteiger partial charge on any atom is -0.401 e. The molecule has 4 N–H and O–H groups in total. The highest BCUT2D eigenvalue weighted by Crippen LogP contribution is 2.37. The van der Waals surface area contributed by atoms with Gasteiger partial charge in [0, 0.05) is 24.9 Å². The molecule has 0 aromatic heterocycles. The van der Waals surface area contributed by atoms with Gasteiger partial charge in [-0.25, -0.2) is 13.8 Å². The van der Waals surface area contributed by atoms with Crippen molar-refractivity contribution in [3.05, 3.63) is 46.3 Å². The SMILES string of the molecule is CC.CC.CCC1CCC(C(=O)N(C)OC)C(N)=C1/C=C(\N)C1=C(F)CCC=C1F. The van der Waals surface area contributed by atoms with Crippen LogP contribution in [0.25, 0.3) is 0 Å². The molecule has 0 aliphatic heterocycles. The van der Waals surface area contributed by atoms with Gasteiger partial charge in [0.1, 0.15) is 11.7 Å². The zero-order valence-corrected chi connectivity index (χ0v) is 19.5. The van der Waals surface area contributed by atoms with Crippen LogP contribution in [-0.4, -0.2) is 25.1 Å². The Morgan fingerprint density at radius 1 is 1.27 bits per heavy atom. The number of amides is 1. The first-order chi connectivity index (χ1) is 14.3. The second kappa shape index (κ2) is 14.0. The van der Waals surface area contributed by atoms with E-state index in [0.29, 0.717) is 24.1 Å². The van der Waals surface area contributed by atoms with Crippen LogP contribution in [0, 0.1) is 11.8 Å². The monoisotopic (exact) mass is 427 g/mol. The molecule has 0 saturated carbocycles. The zero-order chi connectivity index (χ0) is 23.4. The van der Waals surface area contributed by atoms with Gasteiger partial charge in [-0.15, -0.1) is 0 Å². The Hall–Kier alpha value is -2.15. The molecule has 2 aliphatic carbocycles. The Morgan fingerprint density at radius 2 is 1.87 bits per heavy atom. The van der Waals surface area contributed by atoms with Crippen molar-refractivity contribution >= 4 is 5.91 Å². The molecular formula is C23H39F2N3O2.